The Labute approximate surface area is 113 Å². The minimum atomic E-state index is 0.366. The van der Waals surface area contributed by atoms with Gasteiger partial charge in [0.1, 0.15) is 5.82 Å². The third kappa shape index (κ3) is 2.76. The third-order valence-electron chi connectivity index (χ3n) is 2.19. The highest BCUT2D eigenvalue weighted by Crippen LogP contribution is 2.28. The van der Waals surface area contributed by atoms with Crippen LogP contribution >= 0.6 is 28.4 Å². The van der Waals surface area contributed by atoms with Gasteiger partial charge in [0, 0.05) is 17.5 Å². The Balaban J connectivity index is 2.42. The molecular weight excluding hydrogens is 350 g/mol. The van der Waals surface area contributed by atoms with Crippen LogP contribution in [0.3, 0.4) is 0 Å². The first-order valence-corrected chi connectivity index (χ1v) is 8.82. The van der Waals surface area contributed by atoms with E-state index < -0.39 is 0 Å². The Morgan fingerprint density at radius 1 is 1.59 bits per heavy atom. The molecule has 2 aromatic heterocycles. The number of nitrogens with zero attached hydrogens (tertiary/aromatic N) is 1. The van der Waals surface area contributed by atoms with Gasteiger partial charge in [-0.2, -0.15) is 0 Å². The molecule has 0 saturated heterocycles. The van der Waals surface area contributed by atoms with Crippen LogP contribution < -0.4 is 10.8 Å². The summed E-state index contributed by atoms with van der Waals surface area (Å²) in [5, 5.41) is 11.3. The van der Waals surface area contributed by atoms with E-state index >= 15 is 0 Å². The molecule has 2 aromatic rings. The van der Waals surface area contributed by atoms with E-state index in [1.165, 1.54) is 6.26 Å². The SMILES string of the molecule is N=C(c1ccoc1)c1cc(N)ncc1NPI. The van der Waals surface area contributed by atoms with Crippen molar-refractivity contribution >= 4 is 45.6 Å². The fourth-order valence-electron chi connectivity index (χ4n) is 1.39. The van der Waals surface area contributed by atoms with Crippen LogP contribution in [0.1, 0.15) is 11.1 Å². The summed E-state index contributed by atoms with van der Waals surface area (Å²) in [6.07, 6.45) is 5.23. The van der Waals surface area contributed by atoms with E-state index in [-0.39, 0.29) is 0 Å². The second-order valence-electron chi connectivity index (χ2n) is 3.26. The molecular formula is C10H10IN4OP. The lowest BCUT2D eigenvalue weighted by Crippen LogP contribution is -2.05. The normalized spacial score (nSPS) is 10.9. The monoisotopic (exact) mass is 360 g/mol. The van der Waals surface area contributed by atoms with Gasteiger partial charge in [0.2, 0.25) is 0 Å². The number of nitrogens with one attached hydrogen (secondary N) is 2. The molecule has 0 aromatic carbocycles. The van der Waals surface area contributed by atoms with Crippen LogP contribution in [-0.4, -0.2) is 10.7 Å². The zero-order valence-corrected chi connectivity index (χ0v) is 11.9. The van der Waals surface area contributed by atoms with Crippen LogP contribution in [0.5, 0.6) is 0 Å². The highest BCUT2D eigenvalue weighted by atomic mass is 127. The first-order chi connectivity index (χ1) is 8.22. The van der Waals surface area contributed by atoms with Gasteiger partial charge in [0.15, 0.2) is 0 Å². The lowest BCUT2D eigenvalue weighted by atomic mass is 10.1. The number of halogens is 1. The van der Waals surface area contributed by atoms with Crippen molar-refractivity contribution in [3.63, 3.8) is 0 Å². The van der Waals surface area contributed by atoms with Crippen molar-refractivity contribution in [1.29, 1.82) is 5.41 Å². The van der Waals surface area contributed by atoms with Crippen molar-refractivity contribution in [2.45, 2.75) is 0 Å². The smallest absolute Gasteiger partial charge is 0.124 e. The third-order valence-corrected chi connectivity index (χ3v) is 3.36. The number of aromatic nitrogens is 1. The minimum Gasteiger partial charge on any atom is -0.472 e. The fraction of sp³-hybridized carbons (Fsp3) is 0. The minimum absolute atomic E-state index is 0.366. The van der Waals surface area contributed by atoms with Crippen LogP contribution in [-0.2, 0) is 0 Å². The van der Waals surface area contributed by atoms with E-state index in [0.717, 1.165) is 16.8 Å². The van der Waals surface area contributed by atoms with Crippen molar-refractivity contribution in [1.82, 2.24) is 4.98 Å². The number of rotatable bonds is 4. The summed E-state index contributed by atoms with van der Waals surface area (Å²) in [7, 11) is 0. The molecule has 0 saturated carbocycles. The van der Waals surface area contributed by atoms with Gasteiger partial charge in [0.05, 0.1) is 30.1 Å². The molecule has 0 aliphatic heterocycles. The summed E-state index contributed by atoms with van der Waals surface area (Å²) in [6.45, 7) is 0. The van der Waals surface area contributed by atoms with Crippen LogP contribution in [0.25, 0.3) is 0 Å². The van der Waals surface area contributed by atoms with Crippen LogP contribution in [0.4, 0.5) is 11.5 Å². The largest absolute Gasteiger partial charge is 0.472 e. The number of nitrogen functional groups attached to an aromatic ring is 1. The molecule has 17 heavy (non-hydrogen) atoms. The maximum Gasteiger partial charge on any atom is 0.124 e. The Kier molecular flexibility index (Phi) is 3.96. The first-order valence-electron chi connectivity index (χ1n) is 4.71. The maximum atomic E-state index is 8.12. The molecule has 1 atom stereocenters. The number of anilines is 2. The van der Waals surface area contributed by atoms with E-state index in [4.69, 9.17) is 15.6 Å². The molecule has 4 N–H and O–H groups in total. The van der Waals surface area contributed by atoms with Crippen molar-refractivity contribution < 1.29 is 4.42 Å². The topological polar surface area (TPSA) is 87.9 Å². The number of hydrogen-bond acceptors (Lipinski definition) is 5. The summed E-state index contributed by atoms with van der Waals surface area (Å²) in [5.74, 6) is 0.399. The van der Waals surface area contributed by atoms with Crippen LogP contribution in [0.15, 0.2) is 35.3 Å². The van der Waals surface area contributed by atoms with E-state index in [1.807, 2.05) is 0 Å². The standard InChI is InChI=1S/C10H10IN4OP/c11-17-15-8-4-14-9(12)3-7(8)10(13)6-1-2-16-5-6/h1-5,13,15,17H,(H2,12,14). The first kappa shape index (κ1) is 12.3. The molecule has 7 heteroatoms. The highest BCUT2D eigenvalue weighted by Gasteiger charge is 2.12. The lowest BCUT2D eigenvalue weighted by molar-refractivity contribution is 0.567. The molecule has 0 radical (unpaired) electrons. The number of nitrogens with two attached hydrogens (primary N) is 1. The molecule has 88 valence electrons. The number of hydrogen-bond donors (Lipinski definition) is 3. The zero-order chi connectivity index (χ0) is 12.3. The number of furan rings is 1. The fourth-order valence-corrected chi connectivity index (χ4v) is 2.56. The van der Waals surface area contributed by atoms with E-state index in [2.05, 4.69) is 32.1 Å². The molecule has 2 rings (SSSR count). The van der Waals surface area contributed by atoms with Gasteiger partial charge in [-0.15, -0.1) is 0 Å². The van der Waals surface area contributed by atoms with E-state index in [9.17, 15) is 0 Å². The molecule has 0 spiro atoms. The predicted octanol–water partition coefficient (Wildman–Crippen LogP) is 3.03. The molecule has 5 nitrogen and oxygen atoms in total. The molecule has 2 heterocycles. The Morgan fingerprint density at radius 3 is 3.06 bits per heavy atom. The molecule has 0 aliphatic rings. The lowest BCUT2D eigenvalue weighted by Gasteiger charge is -2.10. The summed E-state index contributed by atoms with van der Waals surface area (Å²) in [5.41, 5.74) is 8.27. The van der Waals surface area contributed by atoms with Gasteiger partial charge >= 0.3 is 0 Å². The molecule has 0 bridgehead atoms. The maximum absolute atomic E-state index is 8.12. The van der Waals surface area contributed by atoms with Crippen LogP contribution in [0.2, 0.25) is 0 Å². The van der Waals surface area contributed by atoms with Gasteiger partial charge in [0.25, 0.3) is 0 Å². The van der Waals surface area contributed by atoms with E-state index in [1.54, 1.807) is 24.6 Å². The van der Waals surface area contributed by atoms with E-state index in [0.29, 0.717) is 17.9 Å². The number of pyridine rings is 1. The average Bonchev–Trinajstić information content (AvgIpc) is 2.84. The van der Waals surface area contributed by atoms with Gasteiger partial charge < -0.3 is 15.2 Å². The molecule has 0 amide bonds. The summed E-state index contributed by atoms with van der Waals surface area (Å²) >= 11 is 2.22. The summed E-state index contributed by atoms with van der Waals surface area (Å²) < 4.78 is 4.98. The highest BCUT2D eigenvalue weighted by molar-refractivity contribution is 14.2. The predicted molar refractivity (Wildman–Crippen MR) is 79.2 cm³/mol. The van der Waals surface area contributed by atoms with Gasteiger partial charge in [-0.1, -0.05) is 0 Å². The van der Waals surface area contributed by atoms with Gasteiger partial charge in [-0.05, 0) is 34.2 Å². The molecule has 0 aliphatic carbocycles. The van der Waals surface area contributed by atoms with Crippen molar-refractivity contribution in [3.05, 3.63) is 42.0 Å². The Hall–Kier alpha value is -1.14. The molecule has 1 unspecified atom stereocenters. The van der Waals surface area contributed by atoms with Gasteiger partial charge in [-0.3, -0.25) is 5.41 Å². The van der Waals surface area contributed by atoms with Crippen LogP contribution in [0, 0.1) is 5.41 Å². The quantitative estimate of drug-likeness (QED) is 0.444. The Bertz CT molecular complexity index is 529. The van der Waals surface area contributed by atoms with Crippen molar-refractivity contribution in [3.8, 4) is 0 Å². The average molecular weight is 360 g/mol. The second kappa shape index (κ2) is 5.46. The summed E-state index contributed by atoms with van der Waals surface area (Å²) in [4.78, 5) is 4.02. The van der Waals surface area contributed by atoms with Gasteiger partial charge in [-0.25, -0.2) is 4.98 Å². The Morgan fingerprint density at radius 2 is 2.41 bits per heavy atom. The zero-order valence-electron chi connectivity index (χ0n) is 8.70. The van der Waals surface area contributed by atoms with Crippen molar-refractivity contribution in [2.24, 2.45) is 0 Å². The molecule has 0 fully saturated rings. The van der Waals surface area contributed by atoms with Crippen molar-refractivity contribution in [2.75, 3.05) is 10.8 Å². The second-order valence-corrected chi connectivity index (χ2v) is 5.32. The summed E-state index contributed by atoms with van der Waals surface area (Å²) in [6, 6.07) is 3.43.